The van der Waals surface area contributed by atoms with E-state index in [2.05, 4.69) is 30.1 Å². The van der Waals surface area contributed by atoms with Crippen molar-refractivity contribution >= 4 is 39.1 Å². The fraction of sp³-hybridized carbons (Fsp3) is 0.0435. The van der Waals surface area contributed by atoms with Crippen molar-refractivity contribution < 1.29 is 9.18 Å². The summed E-state index contributed by atoms with van der Waals surface area (Å²) in [6.07, 6.45) is 8.09. The van der Waals surface area contributed by atoms with Gasteiger partial charge in [-0.15, -0.1) is 11.3 Å². The molecule has 0 spiro atoms. The van der Waals surface area contributed by atoms with Gasteiger partial charge < -0.3 is 4.98 Å². The number of aromatic amines is 2. The Kier molecular flexibility index (Phi) is 4.34. The van der Waals surface area contributed by atoms with Crippen molar-refractivity contribution in [2.75, 3.05) is 0 Å². The van der Waals surface area contributed by atoms with Crippen molar-refractivity contribution in [1.82, 2.24) is 35.1 Å². The van der Waals surface area contributed by atoms with Crippen molar-refractivity contribution in [3.05, 3.63) is 65.9 Å². The standard InChI is InChI=1S/C23H14FN7OS/c1-11(32)16-4-5-17(33-16)13-8-26-9-15-21(13)29-23(28-15)22-18-14(30-31-22)10-27-20(19(18)24)12-3-2-6-25-7-12/h2-10H,1H3,(H,28,29)(H,30,31). The molecule has 0 atom stereocenters. The number of rotatable bonds is 4. The maximum absolute atomic E-state index is 15.6. The summed E-state index contributed by atoms with van der Waals surface area (Å²) in [4.78, 5) is 33.8. The number of imidazole rings is 1. The highest BCUT2D eigenvalue weighted by atomic mass is 32.1. The number of thiophene rings is 1. The van der Waals surface area contributed by atoms with Crippen LogP contribution in [0, 0.1) is 5.82 Å². The van der Waals surface area contributed by atoms with Crippen LogP contribution in [-0.2, 0) is 0 Å². The van der Waals surface area contributed by atoms with E-state index in [1.165, 1.54) is 18.3 Å². The van der Waals surface area contributed by atoms with E-state index in [1.807, 2.05) is 6.07 Å². The van der Waals surface area contributed by atoms with Gasteiger partial charge in [-0.05, 0) is 31.2 Å². The van der Waals surface area contributed by atoms with E-state index in [1.54, 1.807) is 49.2 Å². The number of carbonyl (C=O) groups is 1. The van der Waals surface area contributed by atoms with Gasteiger partial charge in [0.25, 0.3) is 0 Å². The molecule has 0 radical (unpaired) electrons. The number of H-pyrrole nitrogens is 2. The number of hydrogen-bond donors (Lipinski definition) is 2. The molecule has 0 saturated heterocycles. The van der Waals surface area contributed by atoms with Crippen LogP contribution in [-0.4, -0.2) is 40.9 Å². The third-order valence-corrected chi connectivity index (χ3v) is 6.54. The molecular weight excluding hydrogens is 441 g/mol. The highest BCUT2D eigenvalue weighted by Crippen LogP contribution is 2.35. The highest BCUT2D eigenvalue weighted by Gasteiger charge is 2.21. The fourth-order valence-corrected chi connectivity index (χ4v) is 4.66. The summed E-state index contributed by atoms with van der Waals surface area (Å²) in [6.45, 7) is 1.53. The summed E-state index contributed by atoms with van der Waals surface area (Å²) >= 11 is 1.38. The predicted octanol–water partition coefficient (Wildman–Crippen LogP) is 5.03. The molecule has 6 aromatic heterocycles. The Morgan fingerprint density at radius 2 is 1.94 bits per heavy atom. The largest absolute Gasteiger partial charge is 0.335 e. The number of ketones is 1. The molecule has 0 amide bonds. The minimum Gasteiger partial charge on any atom is -0.335 e. The molecule has 8 nitrogen and oxygen atoms in total. The molecule has 0 aliphatic heterocycles. The van der Waals surface area contributed by atoms with Gasteiger partial charge in [0.15, 0.2) is 17.4 Å². The highest BCUT2D eigenvalue weighted by molar-refractivity contribution is 7.17. The molecule has 0 aliphatic carbocycles. The van der Waals surface area contributed by atoms with E-state index in [0.29, 0.717) is 38.5 Å². The van der Waals surface area contributed by atoms with E-state index in [-0.39, 0.29) is 16.9 Å². The first kappa shape index (κ1) is 19.4. The second-order valence-corrected chi connectivity index (χ2v) is 8.50. The van der Waals surface area contributed by atoms with Crippen LogP contribution < -0.4 is 0 Å². The minimum absolute atomic E-state index is 0.00518. The van der Waals surface area contributed by atoms with Gasteiger partial charge in [0.05, 0.1) is 33.7 Å². The summed E-state index contributed by atoms with van der Waals surface area (Å²) in [5, 5.41) is 7.43. The molecule has 0 fully saturated rings. The Morgan fingerprint density at radius 1 is 1.03 bits per heavy atom. The predicted molar refractivity (Wildman–Crippen MR) is 123 cm³/mol. The number of carbonyl (C=O) groups excluding carboxylic acids is 1. The SMILES string of the molecule is CC(=O)c1ccc(-c2cncc3[nH]c(-c4n[nH]c5cnc(-c6cccnc6)c(F)c45)nc23)s1. The first-order chi connectivity index (χ1) is 16.1. The van der Waals surface area contributed by atoms with Crippen molar-refractivity contribution in [2.24, 2.45) is 0 Å². The van der Waals surface area contributed by atoms with E-state index >= 15 is 4.39 Å². The van der Waals surface area contributed by atoms with Crippen molar-refractivity contribution in [1.29, 1.82) is 0 Å². The lowest BCUT2D eigenvalue weighted by atomic mass is 10.1. The van der Waals surface area contributed by atoms with Gasteiger partial charge in [0.1, 0.15) is 16.9 Å². The number of nitrogens with zero attached hydrogens (tertiary/aromatic N) is 5. The second-order valence-electron chi connectivity index (χ2n) is 7.41. The van der Waals surface area contributed by atoms with E-state index in [9.17, 15) is 4.79 Å². The van der Waals surface area contributed by atoms with Crippen LogP contribution in [0.25, 0.3) is 55.2 Å². The first-order valence-corrected chi connectivity index (χ1v) is 10.8. The van der Waals surface area contributed by atoms with Crippen LogP contribution in [0.2, 0.25) is 0 Å². The minimum atomic E-state index is -0.507. The van der Waals surface area contributed by atoms with Crippen LogP contribution in [0.1, 0.15) is 16.6 Å². The molecular formula is C23H14FN7OS. The average Bonchev–Trinajstić information content (AvgIpc) is 3.57. The van der Waals surface area contributed by atoms with Crippen LogP contribution >= 0.6 is 11.3 Å². The molecule has 0 aromatic carbocycles. The zero-order valence-electron chi connectivity index (χ0n) is 17.1. The van der Waals surface area contributed by atoms with Gasteiger partial charge in [-0.25, -0.2) is 9.37 Å². The molecule has 0 aliphatic rings. The van der Waals surface area contributed by atoms with E-state index in [0.717, 1.165) is 10.4 Å². The van der Waals surface area contributed by atoms with E-state index < -0.39 is 5.82 Å². The quantitative estimate of drug-likeness (QED) is 0.361. The Morgan fingerprint density at radius 3 is 2.73 bits per heavy atom. The summed E-state index contributed by atoms with van der Waals surface area (Å²) in [5.74, 6) is -0.103. The van der Waals surface area contributed by atoms with Gasteiger partial charge in [-0.2, -0.15) is 5.10 Å². The first-order valence-electron chi connectivity index (χ1n) is 9.98. The average molecular weight is 455 g/mol. The van der Waals surface area contributed by atoms with Crippen LogP contribution in [0.5, 0.6) is 0 Å². The fourth-order valence-electron chi connectivity index (χ4n) is 3.75. The summed E-state index contributed by atoms with van der Waals surface area (Å²) in [7, 11) is 0. The monoisotopic (exact) mass is 455 g/mol. The molecule has 160 valence electrons. The van der Waals surface area contributed by atoms with Gasteiger partial charge in [0, 0.05) is 34.6 Å². The third-order valence-electron chi connectivity index (χ3n) is 5.32. The summed E-state index contributed by atoms with van der Waals surface area (Å²) in [5.41, 5.74) is 3.68. The van der Waals surface area contributed by atoms with Crippen LogP contribution in [0.15, 0.2) is 55.2 Å². The lowest BCUT2D eigenvalue weighted by Gasteiger charge is -2.03. The van der Waals surface area contributed by atoms with Crippen molar-refractivity contribution in [3.63, 3.8) is 0 Å². The molecule has 6 aromatic rings. The smallest absolute Gasteiger partial charge is 0.169 e. The number of fused-ring (bicyclic) bond motifs is 2. The Bertz CT molecular complexity index is 1670. The second kappa shape index (κ2) is 7.38. The molecule has 0 saturated carbocycles. The number of aromatic nitrogens is 7. The number of pyridine rings is 3. The van der Waals surface area contributed by atoms with Crippen LogP contribution in [0.4, 0.5) is 4.39 Å². The van der Waals surface area contributed by atoms with E-state index in [4.69, 9.17) is 4.98 Å². The van der Waals surface area contributed by atoms with Gasteiger partial charge in [-0.1, -0.05) is 0 Å². The van der Waals surface area contributed by atoms with Gasteiger partial charge >= 0.3 is 0 Å². The molecule has 0 unspecified atom stereocenters. The lowest BCUT2D eigenvalue weighted by Crippen LogP contribution is -1.92. The topological polar surface area (TPSA) is 113 Å². The Labute approximate surface area is 189 Å². The molecule has 6 rings (SSSR count). The van der Waals surface area contributed by atoms with Crippen molar-refractivity contribution in [3.8, 4) is 33.2 Å². The Hall–Kier alpha value is -4.31. The molecule has 0 bridgehead atoms. The van der Waals surface area contributed by atoms with Gasteiger partial charge in [-0.3, -0.25) is 24.8 Å². The number of hydrogen-bond acceptors (Lipinski definition) is 7. The maximum Gasteiger partial charge on any atom is 0.169 e. The molecule has 33 heavy (non-hydrogen) atoms. The molecule has 2 N–H and O–H groups in total. The number of Topliss-reactive ketones (excluding diaryl/α,β-unsaturated/α-hetero) is 1. The summed E-state index contributed by atoms with van der Waals surface area (Å²) in [6, 6.07) is 7.15. The zero-order valence-corrected chi connectivity index (χ0v) is 17.9. The molecule has 10 heteroatoms. The lowest BCUT2D eigenvalue weighted by molar-refractivity contribution is 0.102. The Balaban J connectivity index is 1.52. The normalized spacial score (nSPS) is 11.5. The maximum atomic E-state index is 15.6. The number of halogens is 1. The molecule has 6 heterocycles. The number of nitrogens with one attached hydrogen (secondary N) is 2. The van der Waals surface area contributed by atoms with Crippen LogP contribution in [0.3, 0.4) is 0 Å². The van der Waals surface area contributed by atoms with Gasteiger partial charge in [0.2, 0.25) is 0 Å². The third kappa shape index (κ3) is 3.11. The zero-order chi connectivity index (χ0) is 22.5. The summed E-state index contributed by atoms with van der Waals surface area (Å²) < 4.78 is 15.6. The van der Waals surface area contributed by atoms with Crippen molar-refractivity contribution in [2.45, 2.75) is 6.92 Å².